The van der Waals surface area contributed by atoms with E-state index in [1.54, 1.807) is 72.8 Å². The second kappa shape index (κ2) is 28.7. The highest BCUT2D eigenvalue weighted by molar-refractivity contribution is 5.66. The fourth-order valence-corrected chi connectivity index (χ4v) is 11.3. The van der Waals surface area contributed by atoms with Crippen molar-refractivity contribution in [3.63, 3.8) is 0 Å². The Hall–Kier alpha value is -13.0. The van der Waals surface area contributed by atoms with Crippen molar-refractivity contribution >= 4 is 68.2 Å². The van der Waals surface area contributed by atoms with Crippen LogP contribution in [0, 0.1) is 0 Å². The predicted octanol–water partition coefficient (Wildman–Crippen LogP) is 22.3. The van der Waals surface area contributed by atoms with Gasteiger partial charge in [-0.15, -0.1) is 0 Å². The molecule has 12 aromatic carbocycles. The molecule has 0 atom stereocenters. The largest absolute Gasteiger partial charge is 0.507 e. The standard InChI is InChI=1S/C78H60N12O6/c91-73-49-31-51-39-68(86-80-62-21-9-2-10-22-62)41-53(74(51)92)33-55-43-70(88-82-64-25-13-4-14-26-64)45-57(76(55)94)35-59-47-72(90-84-66-29-17-6-18-30-66)48-60(78(59)96)36-58-46-71(89-83-65-27-15-5-16-28-65)44-56(77(58)95)34-54-42-69(87-81-63-23-11-3-12-24-63)40-52(75(54)93)32-50(73)38-67(37-49)85-79-61-19-7-1-8-20-61/h1-30,37-48,91-96H,31-36H2. The molecule has 1 aliphatic carbocycles. The van der Waals surface area contributed by atoms with Gasteiger partial charge in [-0.2, -0.15) is 61.4 Å². The summed E-state index contributed by atoms with van der Waals surface area (Å²) < 4.78 is 0. The first-order valence-corrected chi connectivity index (χ1v) is 30.9. The molecule has 0 radical (unpaired) electrons. The van der Waals surface area contributed by atoms with E-state index in [4.69, 9.17) is 0 Å². The minimum Gasteiger partial charge on any atom is -0.507 e. The van der Waals surface area contributed by atoms with Crippen molar-refractivity contribution in [2.75, 3.05) is 0 Å². The van der Waals surface area contributed by atoms with Crippen LogP contribution in [0.5, 0.6) is 34.5 Å². The van der Waals surface area contributed by atoms with Crippen LogP contribution in [-0.4, -0.2) is 30.6 Å². The Morgan fingerprint density at radius 3 is 0.365 bits per heavy atom. The predicted molar refractivity (Wildman–Crippen MR) is 369 cm³/mol. The highest BCUT2D eigenvalue weighted by atomic mass is 16.3. The van der Waals surface area contributed by atoms with Gasteiger partial charge in [-0.25, -0.2) is 0 Å². The Morgan fingerprint density at radius 2 is 0.250 bits per heavy atom. The van der Waals surface area contributed by atoms with Crippen LogP contribution in [0.15, 0.2) is 316 Å². The average molecular weight is 1260 g/mol. The number of nitrogens with zero attached hydrogens (tertiary/aromatic N) is 12. The third-order valence-corrected chi connectivity index (χ3v) is 16.0. The molecule has 13 rings (SSSR count). The Balaban J connectivity index is 1.04. The van der Waals surface area contributed by atoms with Crippen LogP contribution in [0.3, 0.4) is 0 Å². The van der Waals surface area contributed by atoms with Crippen LogP contribution in [0.2, 0.25) is 0 Å². The summed E-state index contributed by atoms with van der Waals surface area (Å²) in [6.07, 6.45) is -0.552. The normalized spacial score (nSPS) is 12.8. The van der Waals surface area contributed by atoms with Gasteiger partial charge in [-0.1, -0.05) is 109 Å². The summed E-state index contributed by atoms with van der Waals surface area (Å²) in [5, 5.41) is 132. The SMILES string of the molecule is Oc1c2cc(N=Nc3ccccc3)cc1Cc1cc(N=Nc3ccccc3)cc(c1O)Cc1cc(N=Nc3ccccc3)cc(c1O)Cc1cc(N=Nc3ccccc3)cc(c1O)Cc1cc(N=Nc3ccccc3)cc(c1O)Cc1cc(N=Nc3ccccc3)cc(c1O)C2. The van der Waals surface area contributed by atoms with Gasteiger partial charge in [-0.05, 0) is 146 Å². The van der Waals surface area contributed by atoms with Gasteiger partial charge < -0.3 is 30.6 Å². The number of rotatable bonds is 12. The lowest BCUT2D eigenvalue weighted by Crippen LogP contribution is -2.01. The van der Waals surface area contributed by atoms with Gasteiger partial charge in [0.2, 0.25) is 0 Å². The van der Waals surface area contributed by atoms with Crippen LogP contribution in [0.25, 0.3) is 0 Å². The first kappa shape index (κ1) is 61.9. The molecular weight excluding hydrogens is 1200 g/mol. The number of hydrogen-bond donors (Lipinski definition) is 6. The summed E-state index contributed by atoms with van der Waals surface area (Å²) in [7, 11) is 0. The maximum Gasteiger partial charge on any atom is 0.122 e. The molecule has 0 saturated carbocycles. The van der Waals surface area contributed by atoms with Gasteiger partial charge in [0.25, 0.3) is 0 Å². The number of azo groups is 6. The van der Waals surface area contributed by atoms with Gasteiger partial charge in [0.1, 0.15) is 34.5 Å². The molecule has 0 amide bonds. The van der Waals surface area contributed by atoms with E-state index >= 15 is 0 Å². The summed E-state index contributed by atoms with van der Waals surface area (Å²) in [6.45, 7) is 0. The first-order valence-electron chi connectivity index (χ1n) is 30.9. The van der Waals surface area contributed by atoms with Crippen LogP contribution in [0.1, 0.15) is 66.8 Å². The van der Waals surface area contributed by atoms with Gasteiger partial charge in [0, 0.05) is 105 Å². The van der Waals surface area contributed by atoms with Gasteiger partial charge in [0.05, 0.1) is 68.2 Å². The van der Waals surface area contributed by atoms with Crippen molar-refractivity contribution in [3.8, 4) is 34.5 Å². The van der Waals surface area contributed by atoms with E-state index in [1.807, 2.05) is 182 Å². The van der Waals surface area contributed by atoms with Gasteiger partial charge in [0.15, 0.2) is 0 Å². The molecule has 1 aliphatic rings. The molecule has 0 spiro atoms. The number of benzene rings is 12. The van der Waals surface area contributed by atoms with Crippen LogP contribution in [0.4, 0.5) is 68.2 Å². The van der Waals surface area contributed by atoms with E-state index in [9.17, 15) is 30.6 Å². The third-order valence-electron chi connectivity index (χ3n) is 16.0. The second-order valence-corrected chi connectivity index (χ2v) is 22.9. The molecule has 0 unspecified atom stereocenters. The number of aromatic hydroxyl groups is 6. The maximum absolute atomic E-state index is 12.7. The lowest BCUT2D eigenvalue weighted by Gasteiger charge is -2.18. The highest BCUT2D eigenvalue weighted by Crippen LogP contribution is 2.45. The van der Waals surface area contributed by atoms with E-state index in [2.05, 4.69) is 61.4 Å². The molecule has 0 aliphatic heterocycles. The number of hydrogen-bond acceptors (Lipinski definition) is 18. The van der Waals surface area contributed by atoms with E-state index < -0.39 is 0 Å². The quantitative estimate of drug-likeness (QED) is 0.0647. The molecule has 18 nitrogen and oxygen atoms in total. The molecule has 468 valence electrons. The molecule has 12 aromatic rings. The first-order chi connectivity index (χ1) is 47.0. The van der Waals surface area contributed by atoms with Crippen LogP contribution >= 0.6 is 0 Å². The Labute approximate surface area is 552 Å². The van der Waals surface area contributed by atoms with Gasteiger partial charge >= 0.3 is 0 Å². The number of fused-ring (bicyclic) bond motifs is 12. The zero-order chi connectivity index (χ0) is 65.7. The third kappa shape index (κ3) is 15.2. The van der Waals surface area contributed by atoms with E-state index in [-0.39, 0.29) is 73.0 Å². The average Bonchev–Trinajstić information content (AvgIpc) is 1.45. The van der Waals surface area contributed by atoms with E-state index in [0.717, 1.165) is 0 Å². The summed E-state index contributed by atoms with van der Waals surface area (Å²) in [5.74, 6) is -0.965. The lowest BCUT2D eigenvalue weighted by molar-refractivity contribution is 0.451. The van der Waals surface area contributed by atoms with Crippen LogP contribution < -0.4 is 0 Å². The molecule has 0 saturated heterocycles. The number of phenols is 6. The van der Waals surface area contributed by atoms with Crippen molar-refractivity contribution in [2.24, 2.45) is 61.4 Å². The molecule has 0 heterocycles. The Morgan fingerprint density at radius 1 is 0.146 bits per heavy atom. The summed E-state index contributed by atoms with van der Waals surface area (Å²) in [6, 6.07) is 75.3. The second-order valence-electron chi connectivity index (χ2n) is 22.9. The molecule has 0 fully saturated rings. The lowest BCUT2D eigenvalue weighted by atomic mass is 9.90. The smallest absolute Gasteiger partial charge is 0.122 e. The number of phenolic OH excluding ortho intramolecular Hbond substituents is 6. The summed E-state index contributed by atoms with van der Waals surface area (Å²) >= 11 is 0. The van der Waals surface area contributed by atoms with Crippen molar-refractivity contribution in [3.05, 3.63) is 322 Å². The minimum absolute atomic E-state index is 0.0920. The van der Waals surface area contributed by atoms with Crippen molar-refractivity contribution in [1.82, 2.24) is 0 Å². The summed E-state index contributed by atoms with van der Waals surface area (Å²) in [5.41, 5.74) is 9.54. The van der Waals surface area contributed by atoms with Crippen molar-refractivity contribution in [2.45, 2.75) is 38.5 Å². The summed E-state index contributed by atoms with van der Waals surface area (Å²) in [4.78, 5) is 0. The fraction of sp³-hybridized carbons (Fsp3) is 0.0769. The maximum atomic E-state index is 12.7. The highest BCUT2D eigenvalue weighted by Gasteiger charge is 2.24. The van der Waals surface area contributed by atoms with Crippen LogP contribution in [-0.2, 0) is 38.5 Å². The zero-order valence-electron chi connectivity index (χ0n) is 51.5. The molecule has 6 N–H and O–H groups in total. The topological polar surface area (TPSA) is 270 Å². The minimum atomic E-state index is -0.161. The monoisotopic (exact) mass is 1260 g/mol. The molecular formula is C78H60N12O6. The Bertz CT molecular complexity index is 4040. The van der Waals surface area contributed by atoms with Gasteiger partial charge in [-0.3, -0.25) is 0 Å². The molecule has 18 heteroatoms. The Kier molecular flexibility index (Phi) is 18.5. The molecule has 96 heavy (non-hydrogen) atoms. The van der Waals surface area contributed by atoms with E-state index in [1.165, 1.54) is 0 Å². The van der Waals surface area contributed by atoms with Crippen molar-refractivity contribution in [1.29, 1.82) is 0 Å². The zero-order valence-corrected chi connectivity index (χ0v) is 51.5. The van der Waals surface area contributed by atoms with E-state index in [0.29, 0.717) is 135 Å². The fourth-order valence-electron chi connectivity index (χ4n) is 11.3. The molecule has 12 bridgehead atoms. The van der Waals surface area contributed by atoms with Crippen molar-refractivity contribution < 1.29 is 30.6 Å². The molecule has 0 aromatic heterocycles.